The molecule has 4 heteroatoms. The van der Waals surface area contributed by atoms with E-state index in [1.165, 1.54) is 25.7 Å². The summed E-state index contributed by atoms with van der Waals surface area (Å²) in [6, 6.07) is 0. The summed E-state index contributed by atoms with van der Waals surface area (Å²) in [5, 5.41) is 0. The molecule has 0 radical (unpaired) electrons. The SMILES string of the molecule is CCN(CC)CCOC1CC[C@@]2(C)C(=CCC3C2CC[C@]2(C)C(=O)CCC32)C1.Cl. The fourth-order valence-electron chi connectivity index (χ4n) is 7.43. The minimum atomic E-state index is -0.00634. The van der Waals surface area contributed by atoms with E-state index < -0.39 is 0 Å². The third-order valence-electron chi connectivity index (χ3n) is 9.42. The normalized spacial score (nSPS) is 41.3. The summed E-state index contributed by atoms with van der Waals surface area (Å²) in [5.41, 5.74) is 2.03. The Kier molecular flexibility index (Phi) is 7.23. The van der Waals surface area contributed by atoms with Crippen molar-refractivity contribution in [1.29, 1.82) is 0 Å². The first-order valence-electron chi connectivity index (χ1n) is 12.0. The second kappa shape index (κ2) is 9.01. The molecule has 0 aromatic heterocycles. The van der Waals surface area contributed by atoms with Gasteiger partial charge in [0.2, 0.25) is 0 Å². The summed E-state index contributed by atoms with van der Waals surface area (Å²) in [6.07, 6.45) is 12.2. The highest BCUT2D eigenvalue weighted by Crippen LogP contribution is 2.64. The van der Waals surface area contributed by atoms with E-state index in [0.717, 1.165) is 63.8 Å². The maximum Gasteiger partial charge on any atom is 0.139 e. The fraction of sp³-hybridized carbons (Fsp3) is 0.880. The van der Waals surface area contributed by atoms with E-state index in [2.05, 4.69) is 38.7 Å². The number of rotatable bonds is 6. The molecule has 4 aliphatic rings. The molecule has 3 nitrogen and oxygen atoms in total. The van der Waals surface area contributed by atoms with Crippen molar-refractivity contribution in [3.05, 3.63) is 11.6 Å². The van der Waals surface area contributed by atoms with E-state index in [1.54, 1.807) is 5.57 Å². The number of hydrogen-bond donors (Lipinski definition) is 0. The molecule has 166 valence electrons. The van der Waals surface area contributed by atoms with Gasteiger partial charge in [-0.1, -0.05) is 39.3 Å². The Hall–Kier alpha value is -0.380. The smallest absolute Gasteiger partial charge is 0.139 e. The molecular formula is C25H42ClNO2. The number of ether oxygens (including phenoxy) is 1. The van der Waals surface area contributed by atoms with Crippen molar-refractivity contribution in [2.45, 2.75) is 85.2 Å². The molecule has 4 unspecified atom stereocenters. The molecule has 3 saturated carbocycles. The van der Waals surface area contributed by atoms with Crippen molar-refractivity contribution < 1.29 is 9.53 Å². The highest BCUT2D eigenvalue weighted by molar-refractivity contribution is 5.87. The summed E-state index contributed by atoms with van der Waals surface area (Å²) in [6.45, 7) is 13.4. The van der Waals surface area contributed by atoms with Crippen LogP contribution in [0.2, 0.25) is 0 Å². The minimum Gasteiger partial charge on any atom is -0.377 e. The number of nitrogens with zero attached hydrogens (tertiary/aromatic N) is 1. The van der Waals surface area contributed by atoms with Crippen LogP contribution in [-0.2, 0) is 9.53 Å². The number of Topliss-reactive ketones (excluding diaryl/α,β-unsaturated/α-hetero) is 1. The van der Waals surface area contributed by atoms with E-state index >= 15 is 0 Å². The van der Waals surface area contributed by atoms with Gasteiger partial charge in [0.1, 0.15) is 5.78 Å². The van der Waals surface area contributed by atoms with Gasteiger partial charge in [0.25, 0.3) is 0 Å². The number of halogens is 1. The molecular weight excluding hydrogens is 382 g/mol. The Balaban J connectivity index is 0.00000240. The van der Waals surface area contributed by atoms with Gasteiger partial charge in [0, 0.05) is 18.4 Å². The average molecular weight is 424 g/mol. The van der Waals surface area contributed by atoms with Crippen LogP contribution in [0.3, 0.4) is 0 Å². The number of fused-ring (bicyclic) bond motifs is 5. The van der Waals surface area contributed by atoms with Gasteiger partial charge in [0.15, 0.2) is 0 Å². The summed E-state index contributed by atoms with van der Waals surface area (Å²) in [4.78, 5) is 15.0. The average Bonchev–Trinajstić information content (AvgIpc) is 3.00. The number of hydrogen-bond acceptors (Lipinski definition) is 3. The third kappa shape index (κ3) is 3.96. The van der Waals surface area contributed by atoms with Crippen molar-refractivity contribution in [3.63, 3.8) is 0 Å². The fourth-order valence-corrected chi connectivity index (χ4v) is 7.43. The van der Waals surface area contributed by atoms with Crippen molar-refractivity contribution >= 4 is 18.2 Å². The molecule has 4 rings (SSSR count). The van der Waals surface area contributed by atoms with Gasteiger partial charge >= 0.3 is 0 Å². The molecule has 0 aliphatic heterocycles. The van der Waals surface area contributed by atoms with Crippen LogP contribution in [0.25, 0.3) is 0 Å². The maximum absolute atomic E-state index is 12.6. The number of carbonyl (C=O) groups is 1. The topological polar surface area (TPSA) is 29.5 Å². The molecule has 0 aromatic rings. The molecule has 0 bridgehead atoms. The summed E-state index contributed by atoms with van der Waals surface area (Å²) < 4.78 is 6.32. The first kappa shape index (κ1) is 23.3. The molecule has 0 spiro atoms. The van der Waals surface area contributed by atoms with E-state index in [4.69, 9.17) is 4.74 Å². The highest BCUT2D eigenvalue weighted by Gasteiger charge is 2.58. The lowest BCUT2D eigenvalue weighted by Crippen LogP contribution is -2.50. The molecule has 3 fully saturated rings. The maximum atomic E-state index is 12.6. The zero-order valence-electron chi connectivity index (χ0n) is 19.0. The monoisotopic (exact) mass is 423 g/mol. The zero-order valence-corrected chi connectivity index (χ0v) is 19.9. The Labute approximate surface area is 184 Å². The second-order valence-corrected chi connectivity index (χ2v) is 10.4. The lowest BCUT2D eigenvalue weighted by Gasteiger charge is -2.57. The molecule has 0 amide bonds. The molecule has 0 N–H and O–H groups in total. The van der Waals surface area contributed by atoms with Gasteiger partial charge in [-0.25, -0.2) is 0 Å². The van der Waals surface area contributed by atoms with E-state index in [0.29, 0.717) is 23.2 Å². The lowest BCUT2D eigenvalue weighted by molar-refractivity contribution is -0.132. The Bertz CT molecular complexity index is 630. The number of allylic oxidation sites excluding steroid dienone is 1. The third-order valence-corrected chi connectivity index (χ3v) is 9.42. The lowest BCUT2D eigenvalue weighted by atomic mass is 9.48. The quantitative estimate of drug-likeness (QED) is 0.515. The van der Waals surface area contributed by atoms with Gasteiger partial charge in [0.05, 0.1) is 12.7 Å². The van der Waals surface area contributed by atoms with Crippen molar-refractivity contribution in [1.82, 2.24) is 4.90 Å². The van der Waals surface area contributed by atoms with Crippen LogP contribution in [0.4, 0.5) is 0 Å². The molecule has 0 heterocycles. The van der Waals surface area contributed by atoms with Crippen LogP contribution in [-0.4, -0.2) is 43.0 Å². The van der Waals surface area contributed by atoms with Crippen LogP contribution in [0.1, 0.15) is 79.1 Å². The van der Waals surface area contributed by atoms with Gasteiger partial charge in [-0.05, 0) is 81.2 Å². The van der Waals surface area contributed by atoms with Crippen LogP contribution in [0.5, 0.6) is 0 Å². The predicted molar refractivity (Wildman–Crippen MR) is 121 cm³/mol. The van der Waals surface area contributed by atoms with Crippen LogP contribution < -0.4 is 0 Å². The van der Waals surface area contributed by atoms with Gasteiger partial charge in [-0.15, -0.1) is 12.4 Å². The Morgan fingerprint density at radius 3 is 2.48 bits per heavy atom. The summed E-state index contributed by atoms with van der Waals surface area (Å²) >= 11 is 0. The second-order valence-electron chi connectivity index (χ2n) is 10.4. The van der Waals surface area contributed by atoms with Gasteiger partial charge in [-0.2, -0.15) is 0 Å². The summed E-state index contributed by atoms with van der Waals surface area (Å²) in [7, 11) is 0. The van der Waals surface area contributed by atoms with E-state index in [9.17, 15) is 4.79 Å². The highest BCUT2D eigenvalue weighted by atomic mass is 35.5. The molecule has 29 heavy (non-hydrogen) atoms. The van der Waals surface area contributed by atoms with Gasteiger partial charge < -0.3 is 9.64 Å². The number of ketones is 1. The molecule has 0 saturated heterocycles. The van der Waals surface area contributed by atoms with Crippen molar-refractivity contribution in [2.75, 3.05) is 26.2 Å². The standard InChI is InChI=1S/C25H41NO2.ClH/c1-5-26(6-2)15-16-28-19-11-13-24(3)18(17-19)7-8-20-21-9-10-23(27)25(21,4)14-12-22(20)24;/h7,19-22H,5-6,8-17H2,1-4H3;1H/t19?,20?,21?,22?,24-,25-;/m0./s1. The predicted octanol–water partition coefficient (Wildman–Crippen LogP) is 5.67. The van der Waals surface area contributed by atoms with Crippen LogP contribution in [0, 0.1) is 28.6 Å². The minimum absolute atomic E-state index is 0. The number of likely N-dealkylation sites (N-methyl/N-ethyl adjacent to an activating group) is 1. The van der Waals surface area contributed by atoms with Crippen molar-refractivity contribution in [3.8, 4) is 0 Å². The largest absolute Gasteiger partial charge is 0.377 e. The Morgan fingerprint density at radius 1 is 1.07 bits per heavy atom. The first-order valence-corrected chi connectivity index (χ1v) is 12.0. The van der Waals surface area contributed by atoms with Crippen LogP contribution >= 0.6 is 12.4 Å². The molecule has 0 aromatic carbocycles. The van der Waals surface area contributed by atoms with Crippen LogP contribution in [0.15, 0.2) is 11.6 Å². The van der Waals surface area contributed by atoms with E-state index in [-0.39, 0.29) is 17.8 Å². The zero-order chi connectivity index (χ0) is 19.9. The number of carbonyl (C=O) groups excluding carboxylic acids is 1. The van der Waals surface area contributed by atoms with Gasteiger partial charge in [-0.3, -0.25) is 4.79 Å². The molecule has 4 aliphatic carbocycles. The molecule has 6 atom stereocenters. The van der Waals surface area contributed by atoms with Crippen molar-refractivity contribution in [2.24, 2.45) is 28.6 Å². The Morgan fingerprint density at radius 2 is 1.76 bits per heavy atom. The summed E-state index contributed by atoms with van der Waals surface area (Å²) in [5.74, 6) is 2.71. The van der Waals surface area contributed by atoms with E-state index in [1.807, 2.05) is 0 Å². The first-order chi connectivity index (χ1) is 13.4.